The molecule has 1 aliphatic heterocycles. The number of aromatic nitrogens is 2. The smallest absolute Gasteiger partial charge is 0.273 e. The van der Waals surface area contributed by atoms with Crippen molar-refractivity contribution in [1.29, 1.82) is 0 Å². The highest BCUT2D eigenvalue weighted by atomic mass is 32.2. The fraction of sp³-hybridized carbons (Fsp3) is 0.200. The first-order valence-electron chi connectivity index (χ1n) is 6.84. The van der Waals surface area contributed by atoms with Crippen molar-refractivity contribution < 1.29 is 13.2 Å². The zero-order chi connectivity index (χ0) is 15.9. The summed E-state index contributed by atoms with van der Waals surface area (Å²) in [6.45, 7) is 4.30. The van der Waals surface area contributed by atoms with Crippen molar-refractivity contribution in [2.75, 3.05) is 5.32 Å². The zero-order valence-electron chi connectivity index (χ0n) is 12.2. The monoisotopic (exact) mass is 317 g/mol. The lowest BCUT2D eigenvalue weighted by molar-refractivity contribution is 0.101. The second kappa shape index (κ2) is 5.10. The molecule has 0 atom stereocenters. The summed E-state index contributed by atoms with van der Waals surface area (Å²) in [7, 11) is -3.39. The van der Waals surface area contributed by atoms with E-state index in [1.165, 1.54) is 11.5 Å². The highest BCUT2D eigenvalue weighted by Gasteiger charge is 2.21. The van der Waals surface area contributed by atoms with Gasteiger partial charge < -0.3 is 5.32 Å². The third kappa shape index (κ3) is 2.43. The van der Waals surface area contributed by atoms with Crippen molar-refractivity contribution >= 4 is 27.5 Å². The first-order chi connectivity index (χ1) is 10.4. The number of amides is 1. The molecule has 22 heavy (non-hydrogen) atoms. The number of hydrogen-bond donors (Lipinski definition) is 1. The zero-order valence-corrected chi connectivity index (χ0v) is 13.0. The number of anilines is 1. The van der Waals surface area contributed by atoms with Gasteiger partial charge in [-0.2, -0.15) is 5.10 Å². The summed E-state index contributed by atoms with van der Waals surface area (Å²) in [5, 5.41) is 8.11. The fourth-order valence-electron chi connectivity index (χ4n) is 2.40. The number of sulfone groups is 1. The summed E-state index contributed by atoms with van der Waals surface area (Å²) in [5.74, 6) is -0.314. The largest absolute Gasteiger partial charge is 0.321 e. The standard InChI is InChI=1S/C15H15N3O3S/c1-3-18-13(8-10(2)17-18)15(19)16-12-5-4-11-6-7-22(20,21)14(11)9-12/h4-9H,3H2,1-2H3,(H,16,19). The van der Waals surface area contributed by atoms with Crippen LogP contribution in [0.2, 0.25) is 0 Å². The van der Waals surface area contributed by atoms with Crippen LogP contribution < -0.4 is 5.32 Å². The Morgan fingerprint density at radius 1 is 1.32 bits per heavy atom. The first-order valence-corrected chi connectivity index (χ1v) is 8.38. The second-order valence-electron chi connectivity index (χ2n) is 5.04. The van der Waals surface area contributed by atoms with Crippen LogP contribution in [0.15, 0.2) is 34.6 Å². The van der Waals surface area contributed by atoms with E-state index in [2.05, 4.69) is 10.4 Å². The number of nitrogens with zero attached hydrogens (tertiary/aromatic N) is 2. The van der Waals surface area contributed by atoms with Crippen LogP contribution in [-0.2, 0) is 16.4 Å². The molecule has 0 saturated carbocycles. The topological polar surface area (TPSA) is 81.1 Å². The molecule has 1 aliphatic rings. The average Bonchev–Trinajstić information content (AvgIpc) is 3.00. The van der Waals surface area contributed by atoms with E-state index in [0.29, 0.717) is 23.5 Å². The van der Waals surface area contributed by atoms with Crippen molar-refractivity contribution in [3.63, 3.8) is 0 Å². The van der Waals surface area contributed by atoms with Gasteiger partial charge in [0.15, 0.2) is 0 Å². The van der Waals surface area contributed by atoms with Gasteiger partial charge in [0.2, 0.25) is 9.84 Å². The molecule has 0 bridgehead atoms. The van der Waals surface area contributed by atoms with Crippen LogP contribution in [0.1, 0.15) is 28.7 Å². The molecule has 1 aromatic carbocycles. The maximum atomic E-state index is 12.3. The quantitative estimate of drug-likeness (QED) is 0.941. The highest BCUT2D eigenvalue weighted by molar-refractivity contribution is 7.94. The van der Waals surface area contributed by atoms with E-state index < -0.39 is 9.84 Å². The molecule has 0 radical (unpaired) electrons. The lowest BCUT2D eigenvalue weighted by Crippen LogP contribution is -2.17. The van der Waals surface area contributed by atoms with Gasteiger partial charge in [-0.3, -0.25) is 9.48 Å². The van der Waals surface area contributed by atoms with Gasteiger partial charge in [-0.1, -0.05) is 6.07 Å². The normalized spacial score (nSPS) is 14.8. The number of hydrogen-bond acceptors (Lipinski definition) is 4. The van der Waals surface area contributed by atoms with E-state index in [4.69, 9.17) is 0 Å². The van der Waals surface area contributed by atoms with Crippen LogP contribution in [0.25, 0.3) is 6.08 Å². The predicted molar refractivity (Wildman–Crippen MR) is 83.3 cm³/mol. The Morgan fingerprint density at radius 2 is 2.09 bits per heavy atom. The molecular weight excluding hydrogens is 302 g/mol. The average molecular weight is 317 g/mol. The predicted octanol–water partition coefficient (Wildman–Crippen LogP) is 2.22. The van der Waals surface area contributed by atoms with Gasteiger partial charge in [-0.25, -0.2) is 8.42 Å². The van der Waals surface area contributed by atoms with E-state index >= 15 is 0 Å². The minimum Gasteiger partial charge on any atom is -0.321 e. The van der Waals surface area contributed by atoms with Gasteiger partial charge >= 0.3 is 0 Å². The molecule has 0 fully saturated rings. The number of rotatable bonds is 3. The number of carbonyl (C=O) groups is 1. The van der Waals surface area contributed by atoms with Crippen molar-refractivity contribution in [3.8, 4) is 0 Å². The number of fused-ring (bicyclic) bond motifs is 1. The number of aryl methyl sites for hydroxylation is 2. The van der Waals surface area contributed by atoms with Crippen molar-refractivity contribution in [2.24, 2.45) is 0 Å². The fourth-order valence-corrected chi connectivity index (χ4v) is 3.63. The van der Waals surface area contributed by atoms with E-state index in [-0.39, 0.29) is 10.8 Å². The summed E-state index contributed by atoms with van der Waals surface area (Å²) in [6.07, 6.45) is 1.55. The molecular formula is C15H15N3O3S. The minimum atomic E-state index is -3.39. The summed E-state index contributed by atoms with van der Waals surface area (Å²) in [4.78, 5) is 12.5. The van der Waals surface area contributed by atoms with Crippen molar-refractivity contribution in [3.05, 3.63) is 46.6 Å². The van der Waals surface area contributed by atoms with Crippen LogP contribution >= 0.6 is 0 Å². The lowest BCUT2D eigenvalue weighted by atomic mass is 10.2. The van der Waals surface area contributed by atoms with E-state index in [0.717, 1.165) is 5.69 Å². The number of nitrogens with one attached hydrogen (secondary N) is 1. The van der Waals surface area contributed by atoms with E-state index in [1.54, 1.807) is 29.0 Å². The molecule has 2 heterocycles. The lowest BCUT2D eigenvalue weighted by Gasteiger charge is -2.08. The van der Waals surface area contributed by atoms with Gasteiger partial charge in [0.25, 0.3) is 5.91 Å². The van der Waals surface area contributed by atoms with Crippen LogP contribution in [0.5, 0.6) is 0 Å². The van der Waals surface area contributed by atoms with Crippen LogP contribution in [0.4, 0.5) is 5.69 Å². The van der Waals surface area contributed by atoms with Gasteiger partial charge in [-0.05, 0) is 43.7 Å². The van der Waals surface area contributed by atoms with E-state index in [1.807, 2.05) is 13.8 Å². The third-order valence-electron chi connectivity index (χ3n) is 3.44. The highest BCUT2D eigenvalue weighted by Crippen LogP contribution is 2.29. The van der Waals surface area contributed by atoms with Crippen LogP contribution in [0, 0.1) is 6.92 Å². The van der Waals surface area contributed by atoms with E-state index in [9.17, 15) is 13.2 Å². The van der Waals surface area contributed by atoms with Gasteiger partial charge in [0, 0.05) is 17.6 Å². The molecule has 0 saturated heterocycles. The summed E-state index contributed by atoms with van der Waals surface area (Å²) in [5.41, 5.74) is 2.28. The van der Waals surface area contributed by atoms with Crippen LogP contribution in [-0.4, -0.2) is 24.1 Å². The van der Waals surface area contributed by atoms with Gasteiger partial charge in [-0.15, -0.1) is 0 Å². The molecule has 7 heteroatoms. The minimum absolute atomic E-state index is 0.213. The maximum absolute atomic E-state index is 12.3. The summed E-state index contributed by atoms with van der Waals surface area (Å²) >= 11 is 0. The number of benzene rings is 1. The molecule has 0 aliphatic carbocycles. The van der Waals surface area contributed by atoms with Gasteiger partial charge in [0.05, 0.1) is 10.6 Å². The van der Waals surface area contributed by atoms with Crippen molar-refractivity contribution in [1.82, 2.24) is 9.78 Å². The third-order valence-corrected chi connectivity index (χ3v) is 4.90. The Kier molecular flexibility index (Phi) is 3.37. The molecule has 6 nitrogen and oxygen atoms in total. The molecule has 1 aromatic heterocycles. The summed E-state index contributed by atoms with van der Waals surface area (Å²) in [6, 6.07) is 6.53. The molecule has 3 rings (SSSR count). The Morgan fingerprint density at radius 3 is 2.82 bits per heavy atom. The Bertz CT molecular complexity index is 895. The molecule has 0 spiro atoms. The van der Waals surface area contributed by atoms with Crippen molar-refractivity contribution in [2.45, 2.75) is 25.3 Å². The number of carbonyl (C=O) groups excluding carboxylic acids is 1. The Balaban J connectivity index is 1.90. The molecule has 114 valence electrons. The molecule has 0 unspecified atom stereocenters. The maximum Gasteiger partial charge on any atom is 0.273 e. The Labute approximate surface area is 128 Å². The second-order valence-corrected chi connectivity index (χ2v) is 6.84. The molecule has 1 N–H and O–H groups in total. The summed E-state index contributed by atoms with van der Waals surface area (Å²) < 4.78 is 25.3. The molecule has 1 amide bonds. The SMILES string of the molecule is CCn1nc(C)cc1C(=O)Nc1ccc2c(c1)S(=O)(=O)C=C2. The first kappa shape index (κ1) is 14.5. The molecule has 2 aromatic rings. The Hall–Kier alpha value is -2.41. The van der Waals surface area contributed by atoms with Gasteiger partial charge in [0.1, 0.15) is 5.69 Å². The van der Waals surface area contributed by atoms with Crippen LogP contribution in [0.3, 0.4) is 0 Å².